The summed E-state index contributed by atoms with van der Waals surface area (Å²) >= 11 is 0. The second-order valence-electron chi connectivity index (χ2n) is 4.18. The lowest BCUT2D eigenvalue weighted by Crippen LogP contribution is -2.53. The number of nitriles is 1. The SMILES string of the molecule is N#Cc1ccc2cc1C2C(=O)C(N)[C@H](N)C(=O)O. The van der Waals surface area contributed by atoms with E-state index in [2.05, 4.69) is 0 Å². The van der Waals surface area contributed by atoms with E-state index in [4.69, 9.17) is 21.8 Å². The summed E-state index contributed by atoms with van der Waals surface area (Å²) in [4.78, 5) is 22.8. The number of carboxylic acid groups (broad SMARTS) is 1. The maximum Gasteiger partial charge on any atom is 0.322 e. The van der Waals surface area contributed by atoms with Gasteiger partial charge in [0.15, 0.2) is 5.78 Å². The van der Waals surface area contributed by atoms with Crippen LogP contribution >= 0.6 is 0 Å². The minimum Gasteiger partial charge on any atom is -0.480 e. The Morgan fingerprint density at radius 3 is 2.50 bits per heavy atom. The van der Waals surface area contributed by atoms with E-state index in [0.717, 1.165) is 5.56 Å². The van der Waals surface area contributed by atoms with Crippen molar-refractivity contribution in [2.24, 2.45) is 11.5 Å². The molecule has 6 heteroatoms. The number of rotatable bonds is 4. The number of Topliss-reactive ketones (excluding diaryl/α,β-unsaturated/α-hetero) is 1. The van der Waals surface area contributed by atoms with Gasteiger partial charge in [-0.3, -0.25) is 9.59 Å². The molecule has 0 saturated carbocycles. The normalized spacial score (nSPS) is 19.3. The molecule has 2 aliphatic rings. The Bertz CT molecular complexity index is 573. The van der Waals surface area contributed by atoms with Gasteiger partial charge < -0.3 is 16.6 Å². The number of hydrogen-bond acceptors (Lipinski definition) is 5. The number of hydrogen-bond donors (Lipinski definition) is 3. The molecule has 5 N–H and O–H groups in total. The van der Waals surface area contributed by atoms with Crippen LogP contribution in [0, 0.1) is 11.3 Å². The summed E-state index contributed by atoms with van der Waals surface area (Å²) in [6.07, 6.45) is 0. The predicted octanol–water partition coefficient (Wildman–Crippen LogP) is -0.688. The fourth-order valence-corrected chi connectivity index (χ4v) is 2.03. The molecule has 6 nitrogen and oxygen atoms in total. The Labute approximate surface area is 103 Å². The Balaban J connectivity index is 2.23. The first-order valence-corrected chi connectivity index (χ1v) is 5.29. The molecule has 0 saturated heterocycles. The van der Waals surface area contributed by atoms with Gasteiger partial charge in [-0.15, -0.1) is 0 Å². The van der Waals surface area contributed by atoms with Gasteiger partial charge in [0.05, 0.1) is 23.6 Å². The van der Waals surface area contributed by atoms with Crippen LogP contribution in [0.3, 0.4) is 0 Å². The molecule has 2 unspecified atom stereocenters. The van der Waals surface area contributed by atoms with Crippen LogP contribution < -0.4 is 11.5 Å². The minimum absolute atomic E-state index is 0.402. The number of benzene rings is 1. The van der Waals surface area contributed by atoms with Crippen LogP contribution in [0.25, 0.3) is 0 Å². The average molecular weight is 245 g/mol. The number of ketones is 1. The second-order valence-corrected chi connectivity index (χ2v) is 4.18. The first-order chi connectivity index (χ1) is 8.47. The van der Waals surface area contributed by atoms with Crippen molar-refractivity contribution in [1.82, 2.24) is 0 Å². The summed E-state index contributed by atoms with van der Waals surface area (Å²) in [5.41, 5.74) is 12.6. The maximum absolute atomic E-state index is 12.1. The van der Waals surface area contributed by atoms with Gasteiger partial charge >= 0.3 is 5.97 Å². The Morgan fingerprint density at radius 1 is 1.33 bits per heavy atom. The lowest BCUT2D eigenvalue weighted by Gasteiger charge is -2.30. The largest absolute Gasteiger partial charge is 0.480 e. The number of carbonyl (C=O) groups excluding carboxylic acids is 1. The standard InChI is InChI=1S/C12H11N3O3/c13-4-6-2-1-5-3-7(6)8(5)11(16)9(14)10(15)12(17)18/h1-3,8-10H,14-15H2,(H,17,18)/t8?,9?,10-/m0/s1. The molecule has 0 aliphatic heterocycles. The van der Waals surface area contributed by atoms with Gasteiger partial charge in [-0.1, -0.05) is 12.1 Å². The van der Waals surface area contributed by atoms with Crippen molar-refractivity contribution in [2.75, 3.05) is 0 Å². The quantitative estimate of drug-likeness (QED) is 0.643. The maximum atomic E-state index is 12.1. The average Bonchev–Trinajstić information content (AvgIpc) is 2.36. The molecular weight excluding hydrogens is 234 g/mol. The summed E-state index contributed by atoms with van der Waals surface area (Å²) in [5.74, 6) is -2.39. The molecule has 2 aliphatic carbocycles. The summed E-state index contributed by atoms with van der Waals surface area (Å²) in [5, 5.41) is 17.6. The van der Waals surface area contributed by atoms with E-state index in [-0.39, 0.29) is 0 Å². The number of carboxylic acids is 1. The second kappa shape index (κ2) is 4.22. The molecule has 0 fully saturated rings. The third-order valence-corrected chi connectivity index (χ3v) is 3.13. The van der Waals surface area contributed by atoms with Crippen molar-refractivity contribution in [3.63, 3.8) is 0 Å². The van der Waals surface area contributed by atoms with E-state index in [0.29, 0.717) is 11.1 Å². The summed E-state index contributed by atoms with van der Waals surface area (Å²) in [6.45, 7) is 0. The van der Waals surface area contributed by atoms with Crippen LogP contribution in [0.15, 0.2) is 18.2 Å². The highest BCUT2D eigenvalue weighted by molar-refractivity contribution is 5.99. The zero-order valence-corrected chi connectivity index (χ0v) is 9.33. The highest BCUT2D eigenvalue weighted by atomic mass is 16.4. The van der Waals surface area contributed by atoms with Gasteiger partial charge in [-0.25, -0.2) is 0 Å². The molecular formula is C12H11N3O3. The van der Waals surface area contributed by atoms with Crippen LogP contribution in [0.1, 0.15) is 22.6 Å². The predicted molar refractivity (Wildman–Crippen MR) is 61.6 cm³/mol. The topological polar surface area (TPSA) is 130 Å². The van der Waals surface area contributed by atoms with E-state index >= 15 is 0 Å². The van der Waals surface area contributed by atoms with Crippen LogP contribution in [-0.4, -0.2) is 28.9 Å². The fourth-order valence-electron chi connectivity index (χ4n) is 2.03. The van der Waals surface area contributed by atoms with Crippen molar-refractivity contribution >= 4 is 11.8 Å². The van der Waals surface area contributed by atoms with Crippen molar-refractivity contribution in [2.45, 2.75) is 18.0 Å². The molecule has 2 bridgehead atoms. The summed E-state index contributed by atoms with van der Waals surface area (Å²) in [7, 11) is 0. The van der Waals surface area contributed by atoms with E-state index in [1.54, 1.807) is 18.2 Å². The van der Waals surface area contributed by atoms with Gasteiger partial charge in [-0.05, 0) is 17.2 Å². The molecule has 0 aromatic heterocycles. The van der Waals surface area contributed by atoms with Gasteiger partial charge in [0.1, 0.15) is 6.04 Å². The van der Waals surface area contributed by atoms with Crippen molar-refractivity contribution < 1.29 is 14.7 Å². The van der Waals surface area contributed by atoms with Gasteiger partial charge in [0.2, 0.25) is 0 Å². The third kappa shape index (κ3) is 1.66. The lowest BCUT2D eigenvalue weighted by atomic mass is 9.73. The Hall–Kier alpha value is -2.23. The van der Waals surface area contributed by atoms with Crippen molar-refractivity contribution in [3.8, 4) is 6.07 Å². The van der Waals surface area contributed by atoms with E-state index in [1.165, 1.54) is 0 Å². The van der Waals surface area contributed by atoms with E-state index < -0.39 is 29.8 Å². The molecule has 1 aromatic carbocycles. The minimum atomic E-state index is -1.44. The molecule has 3 rings (SSSR count). The molecule has 0 radical (unpaired) electrons. The zero-order valence-electron chi connectivity index (χ0n) is 9.33. The molecule has 92 valence electrons. The Kier molecular flexibility index (Phi) is 2.87. The zero-order chi connectivity index (χ0) is 13.4. The fraction of sp³-hybridized carbons (Fsp3) is 0.250. The molecule has 18 heavy (non-hydrogen) atoms. The lowest BCUT2D eigenvalue weighted by molar-refractivity contribution is -0.141. The van der Waals surface area contributed by atoms with Gasteiger partial charge in [0, 0.05) is 0 Å². The van der Waals surface area contributed by atoms with Crippen LogP contribution in [0.2, 0.25) is 0 Å². The molecule has 0 heterocycles. The third-order valence-electron chi connectivity index (χ3n) is 3.13. The van der Waals surface area contributed by atoms with Gasteiger partial charge in [-0.2, -0.15) is 5.26 Å². The van der Waals surface area contributed by atoms with Crippen LogP contribution in [-0.2, 0) is 9.59 Å². The van der Waals surface area contributed by atoms with E-state index in [1.807, 2.05) is 6.07 Å². The molecule has 3 atom stereocenters. The van der Waals surface area contributed by atoms with Crippen LogP contribution in [0.5, 0.6) is 0 Å². The summed E-state index contributed by atoms with van der Waals surface area (Å²) < 4.78 is 0. The van der Waals surface area contributed by atoms with E-state index in [9.17, 15) is 9.59 Å². The highest BCUT2D eigenvalue weighted by Crippen LogP contribution is 2.38. The Morgan fingerprint density at radius 2 is 2.00 bits per heavy atom. The van der Waals surface area contributed by atoms with Crippen molar-refractivity contribution in [3.05, 3.63) is 34.9 Å². The molecule has 0 spiro atoms. The number of carbonyl (C=O) groups is 2. The molecule has 1 aromatic rings. The molecule has 0 amide bonds. The number of nitrogens with zero attached hydrogens (tertiary/aromatic N) is 1. The van der Waals surface area contributed by atoms with Crippen LogP contribution in [0.4, 0.5) is 0 Å². The number of aliphatic carboxylic acids is 1. The first-order valence-electron chi connectivity index (χ1n) is 5.29. The smallest absolute Gasteiger partial charge is 0.322 e. The highest BCUT2D eigenvalue weighted by Gasteiger charge is 2.39. The van der Waals surface area contributed by atoms with Crippen molar-refractivity contribution in [1.29, 1.82) is 5.26 Å². The number of fused-ring (bicyclic) bond motifs is 2. The summed E-state index contributed by atoms with van der Waals surface area (Å²) in [6, 6.07) is 4.26. The number of nitrogens with two attached hydrogens (primary N) is 2. The first kappa shape index (κ1) is 12.2. The van der Waals surface area contributed by atoms with Gasteiger partial charge in [0.25, 0.3) is 0 Å². The monoisotopic (exact) mass is 245 g/mol.